The van der Waals surface area contributed by atoms with Crippen LogP contribution in [0.25, 0.3) is 10.1 Å². The molecular weight excluding hydrogens is 330 g/mol. The summed E-state index contributed by atoms with van der Waals surface area (Å²) in [7, 11) is -3.77. The van der Waals surface area contributed by atoms with Gasteiger partial charge in [-0.15, -0.1) is 22.7 Å². The molecule has 3 aromatic rings. The molecule has 2 heterocycles. The summed E-state index contributed by atoms with van der Waals surface area (Å²) >= 11 is 2.30. The van der Waals surface area contributed by atoms with E-state index in [1.807, 2.05) is 17.5 Å². The van der Waals surface area contributed by atoms with Crippen LogP contribution in [0.15, 0.2) is 46.0 Å². The molecule has 5 nitrogen and oxygen atoms in total. The molecule has 0 atom stereocenters. The van der Waals surface area contributed by atoms with Gasteiger partial charge in [-0.2, -0.15) is 0 Å². The molecular formula is C13H9NO4S3. The third-order valence-corrected chi connectivity index (χ3v) is 6.61. The van der Waals surface area contributed by atoms with E-state index in [9.17, 15) is 13.2 Å². The maximum absolute atomic E-state index is 12.2. The Morgan fingerprint density at radius 1 is 1.14 bits per heavy atom. The van der Waals surface area contributed by atoms with Crippen molar-refractivity contribution in [2.75, 3.05) is 4.72 Å². The molecule has 0 saturated heterocycles. The van der Waals surface area contributed by atoms with Crippen molar-refractivity contribution >= 4 is 54.4 Å². The van der Waals surface area contributed by atoms with Gasteiger partial charge in [-0.25, -0.2) is 13.2 Å². The Morgan fingerprint density at radius 3 is 2.67 bits per heavy atom. The predicted molar refractivity (Wildman–Crippen MR) is 83.9 cm³/mol. The van der Waals surface area contributed by atoms with E-state index in [1.165, 1.54) is 12.1 Å². The van der Waals surface area contributed by atoms with E-state index in [-0.39, 0.29) is 9.09 Å². The fraction of sp³-hybridized carbons (Fsp3) is 0. The van der Waals surface area contributed by atoms with E-state index in [1.54, 1.807) is 23.5 Å². The smallest absolute Gasteiger partial charge is 0.345 e. The average molecular weight is 339 g/mol. The lowest BCUT2D eigenvalue weighted by molar-refractivity contribution is 0.0702. The Balaban J connectivity index is 1.92. The Kier molecular flexibility index (Phi) is 3.44. The van der Waals surface area contributed by atoms with Crippen LogP contribution >= 0.6 is 22.7 Å². The lowest BCUT2D eigenvalue weighted by atomic mass is 10.2. The number of hydrogen-bond donors (Lipinski definition) is 2. The van der Waals surface area contributed by atoms with Gasteiger partial charge in [-0.05, 0) is 47.2 Å². The van der Waals surface area contributed by atoms with Crippen LogP contribution in [0.5, 0.6) is 0 Å². The second kappa shape index (κ2) is 5.14. The van der Waals surface area contributed by atoms with Gasteiger partial charge < -0.3 is 5.11 Å². The molecule has 0 aliphatic heterocycles. The number of sulfonamides is 1. The minimum Gasteiger partial charge on any atom is -0.477 e. The summed E-state index contributed by atoms with van der Waals surface area (Å²) < 4.78 is 28.0. The summed E-state index contributed by atoms with van der Waals surface area (Å²) in [6.07, 6.45) is 0. The van der Waals surface area contributed by atoms with Gasteiger partial charge in [0.15, 0.2) is 0 Å². The number of thiophene rings is 2. The SMILES string of the molecule is O=C(O)c1ccc(S(=O)(=O)Nc2ccc3sccc3c2)s1. The molecule has 2 N–H and O–H groups in total. The summed E-state index contributed by atoms with van der Waals surface area (Å²) in [4.78, 5) is 10.8. The summed E-state index contributed by atoms with van der Waals surface area (Å²) in [5.41, 5.74) is 0.450. The second-order valence-electron chi connectivity index (χ2n) is 4.20. The molecule has 8 heteroatoms. The largest absolute Gasteiger partial charge is 0.477 e. The molecule has 0 radical (unpaired) electrons. The van der Waals surface area contributed by atoms with Gasteiger partial charge in [0.1, 0.15) is 9.09 Å². The molecule has 0 saturated carbocycles. The van der Waals surface area contributed by atoms with Gasteiger partial charge in [0.25, 0.3) is 10.0 Å². The van der Waals surface area contributed by atoms with Crippen molar-refractivity contribution in [1.82, 2.24) is 0 Å². The van der Waals surface area contributed by atoms with Crippen molar-refractivity contribution < 1.29 is 18.3 Å². The Bertz CT molecular complexity index is 924. The third kappa shape index (κ3) is 2.78. The number of benzene rings is 1. The Labute approximate surface area is 128 Å². The van der Waals surface area contributed by atoms with Crippen molar-refractivity contribution in [3.05, 3.63) is 46.7 Å². The van der Waals surface area contributed by atoms with Crippen LogP contribution in [0.3, 0.4) is 0 Å². The zero-order valence-electron chi connectivity index (χ0n) is 10.4. The highest BCUT2D eigenvalue weighted by Crippen LogP contribution is 2.27. The normalized spacial score (nSPS) is 11.6. The first kappa shape index (κ1) is 14.1. The molecule has 1 aromatic carbocycles. The van der Waals surface area contributed by atoms with E-state index >= 15 is 0 Å². The molecule has 0 unspecified atom stereocenters. The van der Waals surface area contributed by atoms with Gasteiger partial charge in [-0.1, -0.05) is 0 Å². The topological polar surface area (TPSA) is 83.5 Å². The lowest BCUT2D eigenvalue weighted by Crippen LogP contribution is -2.11. The molecule has 3 rings (SSSR count). The summed E-state index contributed by atoms with van der Waals surface area (Å²) in [6, 6.07) is 9.75. The van der Waals surface area contributed by atoms with Crippen molar-refractivity contribution in [2.45, 2.75) is 4.21 Å². The zero-order valence-corrected chi connectivity index (χ0v) is 12.9. The van der Waals surface area contributed by atoms with Gasteiger partial charge in [-0.3, -0.25) is 4.72 Å². The highest BCUT2D eigenvalue weighted by atomic mass is 32.2. The first-order valence-corrected chi connectivity index (χ1v) is 8.97. The zero-order chi connectivity index (χ0) is 15.0. The molecule has 0 fully saturated rings. The molecule has 0 bridgehead atoms. The lowest BCUT2D eigenvalue weighted by Gasteiger charge is -2.06. The number of nitrogens with one attached hydrogen (secondary N) is 1. The molecule has 2 aromatic heterocycles. The number of rotatable bonds is 4. The van der Waals surface area contributed by atoms with Gasteiger partial charge in [0.05, 0.1) is 0 Å². The summed E-state index contributed by atoms with van der Waals surface area (Å²) in [6.45, 7) is 0. The van der Waals surface area contributed by atoms with Crippen molar-refractivity contribution in [3.63, 3.8) is 0 Å². The number of anilines is 1. The van der Waals surface area contributed by atoms with E-state index in [4.69, 9.17) is 5.11 Å². The van der Waals surface area contributed by atoms with Crippen molar-refractivity contribution in [2.24, 2.45) is 0 Å². The van der Waals surface area contributed by atoms with E-state index in [0.29, 0.717) is 5.69 Å². The minimum absolute atomic E-state index is 0.0105. The number of carboxylic acid groups (broad SMARTS) is 1. The minimum atomic E-state index is -3.77. The van der Waals surface area contributed by atoms with Crippen LogP contribution in [-0.2, 0) is 10.0 Å². The first-order valence-electron chi connectivity index (χ1n) is 5.79. The number of carboxylic acids is 1. The van der Waals surface area contributed by atoms with Crippen molar-refractivity contribution in [3.8, 4) is 0 Å². The van der Waals surface area contributed by atoms with Gasteiger partial charge in [0, 0.05) is 10.4 Å². The summed E-state index contributed by atoms with van der Waals surface area (Å²) in [5.74, 6) is -1.14. The van der Waals surface area contributed by atoms with Crippen molar-refractivity contribution in [1.29, 1.82) is 0 Å². The van der Waals surface area contributed by atoms with Crippen LogP contribution in [0, 0.1) is 0 Å². The number of carbonyl (C=O) groups is 1. The molecule has 0 spiro atoms. The summed E-state index contributed by atoms with van der Waals surface area (Å²) in [5, 5.41) is 11.7. The van der Waals surface area contributed by atoms with Gasteiger partial charge in [0.2, 0.25) is 0 Å². The van der Waals surface area contributed by atoms with E-state index < -0.39 is 16.0 Å². The van der Waals surface area contributed by atoms with Crippen LogP contribution in [0.2, 0.25) is 0 Å². The molecule has 21 heavy (non-hydrogen) atoms. The number of fused-ring (bicyclic) bond motifs is 1. The second-order valence-corrected chi connectivity index (χ2v) is 8.14. The molecule has 0 aliphatic carbocycles. The van der Waals surface area contributed by atoms with Gasteiger partial charge >= 0.3 is 5.97 Å². The monoisotopic (exact) mass is 339 g/mol. The fourth-order valence-corrected chi connectivity index (χ4v) is 4.78. The van der Waals surface area contributed by atoms with Crippen LogP contribution in [-0.4, -0.2) is 19.5 Å². The quantitative estimate of drug-likeness (QED) is 0.762. The predicted octanol–water partition coefficient (Wildman–Crippen LogP) is 3.46. The maximum atomic E-state index is 12.2. The highest BCUT2D eigenvalue weighted by molar-refractivity contribution is 7.94. The third-order valence-electron chi connectivity index (χ3n) is 2.76. The van der Waals surface area contributed by atoms with E-state index in [2.05, 4.69) is 4.72 Å². The van der Waals surface area contributed by atoms with Crippen LogP contribution in [0.1, 0.15) is 9.67 Å². The Morgan fingerprint density at radius 2 is 1.95 bits per heavy atom. The average Bonchev–Trinajstić information content (AvgIpc) is 3.07. The standard InChI is InChI=1S/C13H9NO4S3/c15-13(16)11-3-4-12(20-11)21(17,18)14-9-1-2-10-8(7-9)5-6-19-10/h1-7,14H,(H,15,16). The van der Waals surface area contributed by atoms with E-state index in [0.717, 1.165) is 21.4 Å². The molecule has 0 aliphatic rings. The molecule has 108 valence electrons. The highest BCUT2D eigenvalue weighted by Gasteiger charge is 2.19. The fourth-order valence-electron chi connectivity index (χ4n) is 1.82. The number of aromatic carboxylic acids is 1. The maximum Gasteiger partial charge on any atom is 0.345 e. The Hall–Kier alpha value is -1.90. The first-order chi connectivity index (χ1) is 9.95. The number of hydrogen-bond acceptors (Lipinski definition) is 5. The van der Waals surface area contributed by atoms with Crippen LogP contribution in [0.4, 0.5) is 5.69 Å². The molecule has 0 amide bonds. The van der Waals surface area contributed by atoms with Crippen LogP contribution < -0.4 is 4.72 Å².